The predicted molar refractivity (Wildman–Crippen MR) is 96.2 cm³/mol. The first-order chi connectivity index (χ1) is 13.2. The normalized spacial score (nSPS) is 10.7. The van der Waals surface area contributed by atoms with E-state index in [9.17, 15) is 9.18 Å². The Bertz CT molecular complexity index is 1080. The third kappa shape index (κ3) is 3.72. The smallest absolute Gasteiger partial charge is 0.280 e. The van der Waals surface area contributed by atoms with Gasteiger partial charge in [-0.15, -0.1) is 11.3 Å². The lowest BCUT2D eigenvalue weighted by atomic mass is 10.2. The number of carbonyl (C=O) groups is 1. The number of thiazole rings is 1. The molecule has 0 atom stereocenters. The van der Waals surface area contributed by atoms with Crippen molar-refractivity contribution < 1.29 is 13.7 Å². The molecule has 9 heteroatoms. The van der Waals surface area contributed by atoms with E-state index in [0.29, 0.717) is 22.6 Å². The van der Waals surface area contributed by atoms with Crippen molar-refractivity contribution in [1.82, 2.24) is 25.4 Å². The van der Waals surface area contributed by atoms with Gasteiger partial charge >= 0.3 is 0 Å². The minimum absolute atomic E-state index is 0.0755. The lowest BCUT2D eigenvalue weighted by Crippen LogP contribution is -2.23. The Kier molecular flexibility index (Phi) is 4.67. The molecule has 4 aromatic rings. The number of hydrogen-bond acceptors (Lipinski definition) is 7. The average molecular weight is 381 g/mol. The Morgan fingerprint density at radius 1 is 1.19 bits per heavy atom. The molecule has 7 nitrogen and oxygen atoms in total. The Hall–Kier alpha value is -3.46. The third-order valence-corrected chi connectivity index (χ3v) is 4.50. The fourth-order valence-electron chi connectivity index (χ4n) is 2.31. The highest BCUT2D eigenvalue weighted by atomic mass is 32.1. The van der Waals surface area contributed by atoms with Crippen LogP contribution in [0.25, 0.3) is 23.0 Å². The van der Waals surface area contributed by atoms with Gasteiger partial charge in [-0.2, -0.15) is 4.98 Å². The van der Waals surface area contributed by atoms with Crippen molar-refractivity contribution >= 4 is 17.2 Å². The zero-order chi connectivity index (χ0) is 18.6. The minimum Gasteiger partial charge on any atom is -0.346 e. The zero-order valence-electron chi connectivity index (χ0n) is 13.8. The van der Waals surface area contributed by atoms with Crippen LogP contribution in [0.2, 0.25) is 0 Å². The number of hydrogen-bond donors (Lipinski definition) is 1. The van der Waals surface area contributed by atoms with Crippen LogP contribution in [0, 0.1) is 5.82 Å². The maximum absolute atomic E-state index is 13.6. The van der Waals surface area contributed by atoms with E-state index in [1.807, 2.05) is 6.07 Å². The first-order valence-corrected chi connectivity index (χ1v) is 8.80. The molecule has 3 aromatic heterocycles. The maximum atomic E-state index is 13.6. The molecular weight excluding hydrogens is 369 g/mol. The van der Waals surface area contributed by atoms with Crippen LogP contribution in [0.5, 0.6) is 0 Å². The molecule has 27 heavy (non-hydrogen) atoms. The van der Waals surface area contributed by atoms with Gasteiger partial charge in [0.15, 0.2) is 5.01 Å². The topological polar surface area (TPSA) is 93.8 Å². The van der Waals surface area contributed by atoms with E-state index < -0.39 is 5.91 Å². The second-order valence-corrected chi connectivity index (χ2v) is 6.33. The second-order valence-electron chi connectivity index (χ2n) is 5.48. The van der Waals surface area contributed by atoms with Crippen LogP contribution in [0.15, 0.2) is 58.7 Å². The fourth-order valence-corrected chi connectivity index (χ4v) is 3.02. The second kappa shape index (κ2) is 7.42. The molecular formula is C18H12FN5O2S. The third-order valence-electron chi connectivity index (χ3n) is 3.66. The van der Waals surface area contributed by atoms with Gasteiger partial charge in [-0.05, 0) is 18.2 Å². The summed E-state index contributed by atoms with van der Waals surface area (Å²) in [6, 6.07) is 9.84. The van der Waals surface area contributed by atoms with Crippen LogP contribution >= 0.6 is 11.3 Å². The zero-order valence-corrected chi connectivity index (χ0v) is 14.6. The molecule has 3 heterocycles. The average Bonchev–Trinajstić information content (AvgIpc) is 3.37. The fraction of sp³-hybridized carbons (Fsp3) is 0.0556. The molecule has 0 spiro atoms. The molecule has 0 fully saturated rings. The van der Waals surface area contributed by atoms with Crippen LogP contribution < -0.4 is 5.32 Å². The molecule has 1 N–H and O–H groups in total. The predicted octanol–water partition coefficient (Wildman–Crippen LogP) is 3.32. The lowest BCUT2D eigenvalue weighted by molar-refractivity contribution is 0.0950. The molecule has 4 rings (SSSR count). The molecule has 0 bridgehead atoms. The van der Waals surface area contributed by atoms with Crippen LogP contribution in [0.3, 0.4) is 0 Å². The summed E-state index contributed by atoms with van der Waals surface area (Å²) >= 11 is 1.14. The summed E-state index contributed by atoms with van der Waals surface area (Å²) in [5, 5.41) is 8.42. The highest BCUT2D eigenvalue weighted by molar-refractivity contribution is 7.12. The van der Waals surface area contributed by atoms with Crippen LogP contribution in [-0.4, -0.2) is 26.0 Å². The highest BCUT2D eigenvalue weighted by Crippen LogP contribution is 2.23. The number of nitrogens with zero attached hydrogens (tertiary/aromatic N) is 4. The summed E-state index contributed by atoms with van der Waals surface area (Å²) in [4.78, 5) is 24.7. The van der Waals surface area contributed by atoms with E-state index in [4.69, 9.17) is 4.52 Å². The number of rotatable bonds is 5. The molecule has 0 aliphatic heterocycles. The summed E-state index contributed by atoms with van der Waals surface area (Å²) < 4.78 is 18.8. The molecule has 0 radical (unpaired) electrons. The van der Waals surface area contributed by atoms with Gasteiger partial charge in [0.25, 0.3) is 11.8 Å². The Morgan fingerprint density at radius 3 is 2.89 bits per heavy atom. The Morgan fingerprint density at radius 2 is 2.07 bits per heavy atom. The summed E-state index contributed by atoms with van der Waals surface area (Å²) in [6.45, 7) is 0.0755. The van der Waals surface area contributed by atoms with Crippen LogP contribution in [-0.2, 0) is 6.54 Å². The largest absolute Gasteiger partial charge is 0.346 e. The van der Waals surface area contributed by atoms with E-state index >= 15 is 0 Å². The monoisotopic (exact) mass is 381 g/mol. The first-order valence-electron chi connectivity index (χ1n) is 7.92. The number of aromatic nitrogens is 4. The molecule has 0 aliphatic carbocycles. The quantitative estimate of drug-likeness (QED) is 0.570. The number of carbonyl (C=O) groups excluding carboxylic acids is 1. The summed E-state index contributed by atoms with van der Waals surface area (Å²) in [7, 11) is 0. The van der Waals surface area contributed by atoms with E-state index in [1.54, 1.807) is 42.0 Å². The maximum Gasteiger partial charge on any atom is 0.280 e. The van der Waals surface area contributed by atoms with Gasteiger partial charge in [0.05, 0.1) is 0 Å². The molecule has 0 saturated carbocycles. The number of nitrogens with one attached hydrogen (secondary N) is 1. The summed E-state index contributed by atoms with van der Waals surface area (Å²) in [5.74, 6) is -0.178. The van der Waals surface area contributed by atoms with Crippen molar-refractivity contribution in [2.45, 2.75) is 6.54 Å². The van der Waals surface area contributed by atoms with Crippen molar-refractivity contribution in [3.8, 4) is 23.0 Å². The van der Waals surface area contributed by atoms with Crippen molar-refractivity contribution in [2.24, 2.45) is 0 Å². The number of pyridine rings is 1. The van der Waals surface area contributed by atoms with Gasteiger partial charge in [-0.25, -0.2) is 9.37 Å². The highest BCUT2D eigenvalue weighted by Gasteiger charge is 2.17. The first kappa shape index (κ1) is 17.0. The molecule has 0 aliphatic rings. The van der Waals surface area contributed by atoms with Crippen molar-refractivity contribution in [3.05, 3.63) is 70.6 Å². The van der Waals surface area contributed by atoms with E-state index in [-0.39, 0.29) is 23.3 Å². The van der Waals surface area contributed by atoms with E-state index in [0.717, 1.165) is 11.3 Å². The van der Waals surface area contributed by atoms with Gasteiger partial charge in [0.1, 0.15) is 11.5 Å². The van der Waals surface area contributed by atoms with E-state index in [2.05, 4.69) is 25.4 Å². The lowest BCUT2D eigenvalue weighted by Gasteiger charge is -2.04. The molecule has 134 valence electrons. The van der Waals surface area contributed by atoms with Gasteiger partial charge in [-0.1, -0.05) is 23.4 Å². The van der Waals surface area contributed by atoms with Crippen molar-refractivity contribution in [3.63, 3.8) is 0 Å². The summed E-state index contributed by atoms with van der Waals surface area (Å²) in [5.41, 5.74) is 1.52. The summed E-state index contributed by atoms with van der Waals surface area (Å²) in [6.07, 6.45) is 3.27. The minimum atomic E-state index is -0.401. The Labute approximate surface area is 156 Å². The van der Waals surface area contributed by atoms with E-state index in [1.165, 1.54) is 6.07 Å². The number of amides is 1. The van der Waals surface area contributed by atoms with Gasteiger partial charge in [0.2, 0.25) is 5.82 Å². The Balaban J connectivity index is 1.46. The van der Waals surface area contributed by atoms with Gasteiger partial charge in [0, 0.05) is 35.4 Å². The van der Waals surface area contributed by atoms with Crippen molar-refractivity contribution in [2.75, 3.05) is 0 Å². The molecule has 1 amide bonds. The standard InChI is InChI=1S/C18H12FN5O2S/c19-13-6-2-1-4-11(13)9-21-16(25)18-22-14(10-27-18)17-23-15(24-26-17)12-5-3-7-20-8-12/h1-8,10H,9H2,(H,21,25). The molecule has 1 aromatic carbocycles. The van der Waals surface area contributed by atoms with Crippen molar-refractivity contribution in [1.29, 1.82) is 0 Å². The number of benzene rings is 1. The molecule has 0 unspecified atom stereocenters. The van der Waals surface area contributed by atoms with Crippen LogP contribution in [0.1, 0.15) is 15.4 Å². The van der Waals surface area contributed by atoms with Gasteiger partial charge < -0.3 is 9.84 Å². The van der Waals surface area contributed by atoms with Crippen LogP contribution in [0.4, 0.5) is 4.39 Å². The SMILES string of the molecule is O=C(NCc1ccccc1F)c1nc(-c2nc(-c3cccnc3)no2)cs1. The van der Waals surface area contributed by atoms with Gasteiger partial charge in [-0.3, -0.25) is 9.78 Å². The number of halogens is 1. The molecule has 0 saturated heterocycles.